The Labute approximate surface area is 144 Å². The smallest absolute Gasteiger partial charge is 0.356 e. The standard InChI is InChI=1S/C19H16O6/c1-19(11-13-5-3-4-6-15(13)17(21)25-19)18(22)24-14-9-7-12(8-10-14)16(20)23-2/h3-10H,11H2,1-2H3. The van der Waals surface area contributed by atoms with Gasteiger partial charge in [0.2, 0.25) is 5.60 Å². The summed E-state index contributed by atoms with van der Waals surface area (Å²) in [5, 5.41) is 0. The van der Waals surface area contributed by atoms with Crippen LogP contribution in [0.3, 0.4) is 0 Å². The highest BCUT2D eigenvalue weighted by Crippen LogP contribution is 2.29. The van der Waals surface area contributed by atoms with Crippen molar-refractivity contribution in [3.63, 3.8) is 0 Å². The Bertz CT molecular complexity index is 839. The molecule has 0 spiro atoms. The fraction of sp³-hybridized carbons (Fsp3) is 0.211. The van der Waals surface area contributed by atoms with Gasteiger partial charge in [0.1, 0.15) is 5.75 Å². The highest BCUT2D eigenvalue weighted by Gasteiger charge is 2.44. The Hall–Kier alpha value is -3.15. The number of benzene rings is 2. The van der Waals surface area contributed by atoms with E-state index in [4.69, 9.17) is 9.47 Å². The highest BCUT2D eigenvalue weighted by molar-refractivity contribution is 5.96. The molecule has 128 valence electrons. The Kier molecular flexibility index (Phi) is 4.27. The number of rotatable bonds is 3. The van der Waals surface area contributed by atoms with Crippen molar-refractivity contribution in [2.24, 2.45) is 0 Å². The zero-order valence-electron chi connectivity index (χ0n) is 13.8. The molecule has 0 amide bonds. The average molecular weight is 340 g/mol. The van der Waals surface area contributed by atoms with Crippen molar-refractivity contribution in [2.45, 2.75) is 18.9 Å². The molecule has 1 aliphatic rings. The maximum absolute atomic E-state index is 12.5. The van der Waals surface area contributed by atoms with Gasteiger partial charge in [-0.15, -0.1) is 0 Å². The fourth-order valence-electron chi connectivity index (χ4n) is 2.64. The van der Waals surface area contributed by atoms with E-state index in [1.54, 1.807) is 24.3 Å². The fourth-order valence-corrected chi connectivity index (χ4v) is 2.64. The number of hydrogen-bond acceptors (Lipinski definition) is 6. The van der Waals surface area contributed by atoms with E-state index < -0.39 is 23.5 Å². The molecule has 25 heavy (non-hydrogen) atoms. The normalized spacial score (nSPS) is 18.7. The van der Waals surface area contributed by atoms with Gasteiger partial charge in [-0.3, -0.25) is 0 Å². The molecule has 0 saturated heterocycles. The van der Waals surface area contributed by atoms with Gasteiger partial charge in [-0.05, 0) is 42.8 Å². The minimum atomic E-state index is -1.41. The molecule has 0 saturated carbocycles. The van der Waals surface area contributed by atoms with Gasteiger partial charge in [0, 0.05) is 6.42 Å². The maximum atomic E-state index is 12.5. The van der Waals surface area contributed by atoms with Gasteiger partial charge >= 0.3 is 17.9 Å². The minimum Gasteiger partial charge on any atom is -0.465 e. The number of ether oxygens (including phenoxy) is 3. The Morgan fingerprint density at radius 3 is 2.44 bits per heavy atom. The molecule has 1 heterocycles. The first-order chi connectivity index (χ1) is 11.9. The monoisotopic (exact) mass is 340 g/mol. The third-order valence-corrected chi connectivity index (χ3v) is 4.00. The minimum absolute atomic E-state index is 0.230. The molecular formula is C19H16O6. The summed E-state index contributed by atoms with van der Waals surface area (Å²) in [6.45, 7) is 1.52. The maximum Gasteiger partial charge on any atom is 0.356 e. The van der Waals surface area contributed by atoms with Crippen molar-refractivity contribution in [3.8, 4) is 5.75 Å². The van der Waals surface area contributed by atoms with Gasteiger partial charge in [0.25, 0.3) is 0 Å². The first kappa shape index (κ1) is 16.7. The van der Waals surface area contributed by atoms with Gasteiger partial charge < -0.3 is 14.2 Å². The highest BCUT2D eigenvalue weighted by atomic mass is 16.6. The van der Waals surface area contributed by atoms with Crippen LogP contribution in [-0.2, 0) is 20.7 Å². The second-order valence-electron chi connectivity index (χ2n) is 5.86. The number of fused-ring (bicyclic) bond motifs is 1. The van der Waals surface area contributed by atoms with E-state index in [-0.39, 0.29) is 12.2 Å². The van der Waals surface area contributed by atoms with Crippen molar-refractivity contribution in [1.29, 1.82) is 0 Å². The summed E-state index contributed by atoms with van der Waals surface area (Å²) in [7, 11) is 1.28. The molecular weight excluding hydrogens is 324 g/mol. The van der Waals surface area contributed by atoms with Crippen LogP contribution in [-0.4, -0.2) is 30.6 Å². The zero-order valence-corrected chi connectivity index (χ0v) is 13.8. The van der Waals surface area contributed by atoms with Gasteiger partial charge in [0.15, 0.2) is 0 Å². The quantitative estimate of drug-likeness (QED) is 0.631. The first-order valence-electron chi connectivity index (χ1n) is 7.65. The van der Waals surface area contributed by atoms with Crippen LogP contribution in [0.4, 0.5) is 0 Å². The Morgan fingerprint density at radius 1 is 1.08 bits per heavy atom. The lowest BCUT2D eigenvalue weighted by atomic mass is 9.90. The number of hydrogen-bond donors (Lipinski definition) is 0. The van der Waals surface area contributed by atoms with Crippen molar-refractivity contribution in [1.82, 2.24) is 0 Å². The van der Waals surface area contributed by atoms with E-state index in [1.807, 2.05) is 0 Å². The molecule has 0 aliphatic carbocycles. The second-order valence-corrected chi connectivity index (χ2v) is 5.86. The van der Waals surface area contributed by atoms with E-state index >= 15 is 0 Å². The van der Waals surface area contributed by atoms with Crippen LogP contribution in [0.1, 0.15) is 33.2 Å². The number of methoxy groups -OCH3 is 1. The van der Waals surface area contributed by atoms with Crippen molar-refractivity contribution in [3.05, 3.63) is 65.2 Å². The Balaban J connectivity index is 1.77. The van der Waals surface area contributed by atoms with Crippen LogP contribution in [0.5, 0.6) is 5.75 Å². The lowest BCUT2D eigenvalue weighted by molar-refractivity contribution is -0.155. The largest absolute Gasteiger partial charge is 0.465 e. The van der Waals surface area contributed by atoms with Gasteiger partial charge in [-0.1, -0.05) is 18.2 Å². The molecule has 0 bridgehead atoms. The number of esters is 3. The summed E-state index contributed by atoms with van der Waals surface area (Å²) in [6, 6.07) is 12.9. The molecule has 1 atom stereocenters. The van der Waals surface area contributed by atoms with Crippen LogP contribution in [0.25, 0.3) is 0 Å². The number of carbonyl (C=O) groups is 3. The predicted molar refractivity (Wildman–Crippen MR) is 87.4 cm³/mol. The van der Waals surface area contributed by atoms with Gasteiger partial charge in [-0.25, -0.2) is 14.4 Å². The molecule has 0 fully saturated rings. The molecule has 1 unspecified atom stereocenters. The summed E-state index contributed by atoms with van der Waals surface area (Å²) >= 11 is 0. The molecule has 0 aromatic heterocycles. The van der Waals surface area contributed by atoms with Crippen LogP contribution >= 0.6 is 0 Å². The molecule has 6 nitrogen and oxygen atoms in total. The first-order valence-corrected chi connectivity index (χ1v) is 7.65. The van der Waals surface area contributed by atoms with Gasteiger partial charge in [0.05, 0.1) is 18.2 Å². The van der Waals surface area contributed by atoms with Crippen LogP contribution in [0.15, 0.2) is 48.5 Å². The second kappa shape index (κ2) is 6.39. The molecule has 6 heteroatoms. The lowest BCUT2D eigenvalue weighted by Gasteiger charge is -2.32. The Morgan fingerprint density at radius 2 is 1.76 bits per heavy atom. The van der Waals surface area contributed by atoms with E-state index in [1.165, 1.54) is 38.3 Å². The van der Waals surface area contributed by atoms with E-state index in [2.05, 4.69) is 4.74 Å². The lowest BCUT2D eigenvalue weighted by Crippen LogP contribution is -2.48. The summed E-state index contributed by atoms with van der Waals surface area (Å²) in [5.41, 5.74) is 0.118. The molecule has 0 N–H and O–H groups in total. The van der Waals surface area contributed by atoms with Crippen LogP contribution in [0, 0.1) is 0 Å². The SMILES string of the molecule is COC(=O)c1ccc(OC(=O)C2(C)Cc3ccccc3C(=O)O2)cc1. The van der Waals surface area contributed by atoms with Crippen molar-refractivity contribution in [2.75, 3.05) is 7.11 Å². The summed E-state index contributed by atoms with van der Waals surface area (Å²) in [5.74, 6) is -1.47. The van der Waals surface area contributed by atoms with Crippen LogP contribution < -0.4 is 4.74 Å². The summed E-state index contributed by atoms with van der Waals surface area (Å²) in [4.78, 5) is 36.1. The van der Waals surface area contributed by atoms with Crippen molar-refractivity contribution >= 4 is 17.9 Å². The molecule has 2 aromatic rings. The van der Waals surface area contributed by atoms with Crippen LogP contribution in [0.2, 0.25) is 0 Å². The van der Waals surface area contributed by atoms with Crippen molar-refractivity contribution < 1.29 is 28.6 Å². The molecule has 1 aliphatic heterocycles. The third kappa shape index (κ3) is 3.24. The zero-order chi connectivity index (χ0) is 18.0. The molecule has 2 aromatic carbocycles. The predicted octanol–water partition coefficient (Wildman–Crippen LogP) is 2.55. The number of carbonyl (C=O) groups excluding carboxylic acids is 3. The third-order valence-electron chi connectivity index (χ3n) is 4.00. The molecule has 0 radical (unpaired) electrons. The van der Waals surface area contributed by atoms with E-state index in [9.17, 15) is 14.4 Å². The number of cyclic esters (lactones) is 1. The van der Waals surface area contributed by atoms with Gasteiger partial charge in [-0.2, -0.15) is 0 Å². The summed E-state index contributed by atoms with van der Waals surface area (Å²) < 4.78 is 15.3. The van der Waals surface area contributed by atoms with E-state index in [0.29, 0.717) is 11.1 Å². The summed E-state index contributed by atoms with van der Waals surface area (Å²) in [6.07, 6.45) is 0.230. The average Bonchev–Trinajstić information content (AvgIpc) is 2.61. The molecule has 3 rings (SSSR count). The topological polar surface area (TPSA) is 78.9 Å². The van der Waals surface area contributed by atoms with E-state index in [0.717, 1.165) is 5.56 Å².